The van der Waals surface area contributed by atoms with Crippen LogP contribution in [-0.2, 0) is 16.6 Å². The van der Waals surface area contributed by atoms with Crippen molar-refractivity contribution in [2.75, 3.05) is 32.9 Å². The van der Waals surface area contributed by atoms with Gasteiger partial charge in [-0.3, -0.25) is 4.99 Å². The third kappa shape index (κ3) is 6.65. The first-order chi connectivity index (χ1) is 12.4. The van der Waals surface area contributed by atoms with Gasteiger partial charge in [0.1, 0.15) is 11.3 Å². The summed E-state index contributed by atoms with van der Waals surface area (Å²) < 4.78 is 30.5. The molecule has 1 heterocycles. The summed E-state index contributed by atoms with van der Waals surface area (Å²) in [4.78, 5) is 4.19. The summed E-state index contributed by atoms with van der Waals surface area (Å²) in [6.45, 7) is 6.02. The van der Waals surface area contributed by atoms with Gasteiger partial charge in [0.15, 0.2) is 5.96 Å². The summed E-state index contributed by atoms with van der Waals surface area (Å²) in [5, 5.41) is 7.55. The van der Waals surface area contributed by atoms with Gasteiger partial charge in [0.25, 0.3) is 0 Å². The molecule has 152 valence electrons. The van der Waals surface area contributed by atoms with Crippen molar-refractivity contribution < 1.29 is 12.8 Å². The second-order valence-corrected chi connectivity index (χ2v) is 8.09. The molecule has 0 unspecified atom stereocenters. The zero-order valence-corrected chi connectivity index (χ0v) is 19.4. The van der Waals surface area contributed by atoms with Crippen molar-refractivity contribution in [3.63, 3.8) is 0 Å². The number of furan rings is 1. The van der Waals surface area contributed by atoms with Gasteiger partial charge >= 0.3 is 0 Å². The van der Waals surface area contributed by atoms with Gasteiger partial charge < -0.3 is 15.1 Å². The minimum Gasteiger partial charge on any atom is -0.459 e. The molecule has 2 N–H and O–H groups in total. The molecule has 0 radical (unpaired) electrons. The van der Waals surface area contributed by atoms with E-state index in [9.17, 15) is 8.42 Å². The van der Waals surface area contributed by atoms with E-state index in [1.807, 2.05) is 38.1 Å². The fourth-order valence-electron chi connectivity index (χ4n) is 2.80. The number of benzene rings is 1. The Kier molecular flexibility index (Phi) is 9.54. The molecule has 0 saturated carbocycles. The maximum absolute atomic E-state index is 11.6. The lowest BCUT2D eigenvalue weighted by Gasteiger charge is -2.18. The lowest BCUT2D eigenvalue weighted by Crippen LogP contribution is -2.39. The lowest BCUT2D eigenvalue weighted by atomic mass is 10.1. The van der Waals surface area contributed by atoms with Gasteiger partial charge in [0.05, 0.1) is 12.8 Å². The van der Waals surface area contributed by atoms with Gasteiger partial charge in [-0.25, -0.2) is 12.7 Å². The third-order valence-corrected chi connectivity index (χ3v) is 5.66. The first-order valence-corrected chi connectivity index (χ1v) is 10.6. The predicted octanol–water partition coefficient (Wildman–Crippen LogP) is 2.70. The number of hydrogen-bond donors (Lipinski definition) is 2. The number of para-hydroxylation sites is 1. The van der Waals surface area contributed by atoms with Gasteiger partial charge in [-0.2, -0.15) is 0 Å². The maximum atomic E-state index is 11.6. The van der Waals surface area contributed by atoms with Crippen LogP contribution in [0.25, 0.3) is 11.0 Å². The molecule has 2 rings (SSSR count). The standard InChI is InChI=1S/C18H28N4O3S.HI/c1-5-22(26(4,23)24)12-8-11-20-18(19-3)21-13-17-14(2)15-9-6-7-10-16(15)25-17;/h6-7,9-10H,5,8,11-13H2,1-4H3,(H2,19,20,21);1H. The number of rotatable bonds is 8. The number of sulfonamides is 1. The van der Waals surface area contributed by atoms with E-state index < -0.39 is 10.0 Å². The maximum Gasteiger partial charge on any atom is 0.211 e. The van der Waals surface area contributed by atoms with E-state index in [-0.39, 0.29) is 24.0 Å². The number of guanidine groups is 1. The van der Waals surface area contributed by atoms with Crippen LogP contribution >= 0.6 is 24.0 Å². The van der Waals surface area contributed by atoms with Crippen molar-refractivity contribution in [2.45, 2.75) is 26.8 Å². The van der Waals surface area contributed by atoms with Crippen molar-refractivity contribution in [1.82, 2.24) is 14.9 Å². The molecule has 0 fully saturated rings. The van der Waals surface area contributed by atoms with Gasteiger partial charge in [-0.15, -0.1) is 24.0 Å². The molecule has 9 heteroatoms. The Bertz CT molecular complexity index is 865. The smallest absolute Gasteiger partial charge is 0.211 e. The number of nitrogens with zero attached hydrogens (tertiary/aromatic N) is 2. The van der Waals surface area contributed by atoms with Crippen LogP contribution < -0.4 is 10.6 Å². The Morgan fingerprint density at radius 1 is 1.26 bits per heavy atom. The van der Waals surface area contributed by atoms with Gasteiger partial charge in [-0.05, 0) is 19.4 Å². The first-order valence-electron chi connectivity index (χ1n) is 8.73. The third-order valence-electron chi connectivity index (χ3n) is 4.28. The Morgan fingerprint density at radius 3 is 2.56 bits per heavy atom. The van der Waals surface area contributed by atoms with E-state index >= 15 is 0 Å². The van der Waals surface area contributed by atoms with E-state index in [2.05, 4.69) is 15.6 Å². The molecular weight excluding hydrogens is 479 g/mol. The van der Waals surface area contributed by atoms with Crippen molar-refractivity contribution >= 4 is 50.9 Å². The van der Waals surface area contributed by atoms with E-state index in [0.29, 0.717) is 38.6 Å². The minimum absolute atomic E-state index is 0. The van der Waals surface area contributed by atoms with Crippen LogP contribution in [0.1, 0.15) is 24.7 Å². The van der Waals surface area contributed by atoms with Crippen molar-refractivity contribution in [1.29, 1.82) is 0 Å². The average Bonchev–Trinajstić information content (AvgIpc) is 2.93. The number of nitrogens with one attached hydrogen (secondary N) is 2. The quantitative estimate of drug-likeness (QED) is 0.248. The van der Waals surface area contributed by atoms with Crippen LogP contribution in [0, 0.1) is 6.92 Å². The molecule has 0 spiro atoms. The number of halogens is 1. The summed E-state index contributed by atoms with van der Waals surface area (Å²) in [5.41, 5.74) is 2.00. The number of fused-ring (bicyclic) bond motifs is 1. The molecule has 0 aliphatic heterocycles. The highest BCUT2D eigenvalue weighted by Crippen LogP contribution is 2.24. The van der Waals surface area contributed by atoms with E-state index in [4.69, 9.17) is 4.42 Å². The summed E-state index contributed by atoms with van der Waals surface area (Å²) in [5.74, 6) is 1.54. The number of aliphatic imine (C=N–C) groups is 1. The molecule has 0 aliphatic carbocycles. The fraction of sp³-hybridized carbons (Fsp3) is 0.500. The van der Waals surface area contributed by atoms with Crippen molar-refractivity contribution in [3.05, 3.63) is 35.6 Å². The first kappa shape index (κ1) is 23.7. The average molecular weight is 508 g/mol. The molecule has 2 aromatic rings. The topological polar surface area (TPSA) is 86.9 Å². The highest BCUT2D eigenvalue weighted by atomic mass is 127. The molecule has 0 saturated heterocycles. The SMILES string of the molecule is CCN(CCCNC(=NC)NCc1oc2ccccc2c1C)S(C)(=O)=O.I. The fourth-order valence-corrected chi connectivity index (χ4v) is 3.73. The molecule has 0 aliphatic rings. The monoisotopic (exact) mass is 508 g/mol. The normalized spacial score (nSPS) is 12.3. The molecule has 0 amide bonds. The summed E-state index contributed by atoms with van der Waals surface area (Å²) in [6.07, 6.45) is 1.94. The molecule has 0 atom stereocenters. The molecule has 7 nitrogen and oxygen atoms in total. The molecule has 27 heavy (non-hydrogen) atoms. The van der Waals surface area contributed by atoms with Crippen molar-refractivity contribution in [2.24, 2.45) is 4.99 Å². The Labute approximate surface area is 178 Å². The van der Waals surface area contributed by atoms with Crippen LogP contribution in [0.4, 0.5) is 0 Å². The van der Waals surface area contributed by atoms with Crippen LogP contribution in [0.2, 0.25) is 0 Å². The summed E-state index contributed by atoms with van der Waals surface area (Å²) >= 11 is 0. The molecule has 1 aromatic carbocycles. The van der Waals surface area contributed by atoms with E-state index in [1.54, 1.807) is 7.05 Å². The highest BCUT2D eigenvalue weighted by molar-refractivity contribution is 14.0. The van der Waals surface area contributed by atoms with E-state index in [1.165, 1.54) is 10.6 Å². The lowest BCUT2D eigenvalue weighted by molar-refractivity contribution is 0.424. The zero-order valence-electron chi connectivity index (χ0n) is 16.3. The Balaban J connectivity index is 0.00000364. The molecule has 0 bridgehead atoms. The van der Waals surface area contributed by atoms with Crippen LogP contribution in [0.15, 0.2) is 33.7 Å². The van der Waals surface area contributed by atoms with Gasteiger partial charge in [-0.1, -0.05) is 25.1 Å². The minimum atomic E-state index is -3.14. The van der Waals surface area contributed by atoms with Gasteiger partial charge in [0, 0.05) is 37.6 Å². The Morgan fingerprint density at radius 2 is 1.96 bits per heavy atom. The molecule has 1 aromatic heterocycles. The van der Waals surface area contributed by atoms with Crippen molar-refractivity contribution in [3.8, 4) is 0 Å². The van der Waals surface area contributed by atoms with Gasteiger partial charge in [0.2, 0.25) is 10.0 Å². The molecular formula is C18H29IN4O3S. The number of hydrogen-bond acceptors (Lipinski definition) is 4. The number of aryl methyl sites for hydroxylation is 1. The largest absolute Gasteiger partial charge is 0.459 e. The zero-order chi connectivity index (χ0) is 19.2. The van der Waals surface area contributed by atoms with Crippen LogP contribution in [0.3, 0.4) is 0 Å². The van der Waals surface area contributed by atoms with E-state index in [0.717, 1.165) is 22.3 Å². The Hall–Kier alpha value is -1.33. The summed E-state index contributed by atoms with van der Waals surface area (Å²) in [6, 6.07) is 7.96. The van der Waals surface area contributed by atoms with Crippen LogP contribution in [-0.4, -0.2) is 51.6 Å². The highest BCUT2D eigenvalue weighted by Gasteiger charge is 2.13. The summed E-state index contributed by atoms with van der Waals surface area (Å²) in [7, 11) is -1.43. The predicted molar refractivity (Wildman–Crippen MR) is 121 cm³/mol. The van der Waals surface area contributed by atoms with Crippen LogP contribution in [0.5, 0.6) is 0 Å². The second-order valence-electron chi connectivity index (χ2n) is 6.11. The second kappa shape index (κ2) is 10.9.